The van der Waals surface area contributed by atoms with Gasteiger partial charge in [-0.15, -0.1) is 0 Å². The van der Waals surface area contributed by atoms with Crippen molar-refractivity contribution in [2.45, 2.75) is 39.3 Å². The van der Waals surface area contributed by atoms with Crippen LogP contribution in [0.15, 0.2) is 0 Å². The summed E-state index contributed by atoms with van der Waals surface area (Å²) in [6.45, 7) is 8.52. The number of hydrogen-bond donors (Lipinski definition) is 2. The van der Waals surface area contributed by atoms with Crippen molar-refractivity contribution in [2.75, 3.05) is 31.2 Å². The van der Waals surface area contributed by atoms with Gasteiger partial charge in [0.1, 0.15) is 0 Å². The van der Waals surface area contributed by atoms with E-state index in [1.165, 1.54) is 11.5 Å². The van der Waals surface area contributed by atoms with Gasteiger partial charge in [0.15, 0.2) is 16.6 Å². The van der Waals surface area contributed by atoms with Gasteiger partial charge in [-0.05, 0) is 51.3 Å². The molecule has 0 aliphatic carbocycles. The number of hydrogen-bond acceptors (Lipinski definition) is 6. The minimum Gasteiger partial charge on any atom is -0.484 e. The SMILES string of the molecule is CC(C)Oc1c(N)nsc1NC1CCN(C)CC1C. The Morgan fingerprint density at radius 3 is 2.89 bits per heavy atom. The lowest BCUT2D eigenvalue weighted by Gasteiger charge is -2.35. The van der Waals surface area contributed by atoms with Crippen LogP contribution < -0.4 is 15.8 Å². The van der Waals surface area contributed by atoms with Crippen LogP contribution in [0.5, 0.6) is 5.75 Å². The van der Waals surface area contributed by atoms with Crippen LogP contribution in [0.3, 0.4) is 0 Å². The van der Waals surface area contributed by atoms with Crippen molar-refractivity contribution in [3.05, 3.63) is 0 Å². The highest BCUT2D eigenvalue weighted by molar-refractivity contribution is 7.11. The molecule has 19 heavy (non-hydrogen) atoms. The first kappa shape index (κ1) is 14.4. The smallest absolute Gasteiger partial charge is 0.197 e. The highest BCUT2D eigenvalue weighted by Gasteiger charge is 2.26. The topological polar surface area (TPSA) is 63.4 Å². The fraction of sp³-hybridized carbons (Fsp3) is 0.769. The molecule has 1 aromatic heterocycles. The molecule has 5 nitrogen and oxygen atoms in total. The molecule has 0 amide bonds. The summed E-state index contributed by atoms with van der Waals surface area (Å²) < 4.78 is 9.96. The van der Waals surface area contributed by atoms with Gasteiger partial charge >= 0.3 is 0 Å². The van der Waals surface area contributed by atoms with Crippen molar-refractivity contribution in [3.8, 4) is 5.75 Å². The third kappa shape index (κ3) is 3.51. The van der Waals surface area contributed by atoms with Crippen LogP contribution in [-0.2, 0) is 0 Å². The minimum atomic E-state index is 0.106. The molecule has 6 heteroatoms. The standard InChI is InChI=1S/C13H24N4OS/c1-8(2)18-11-12(14)16-19-13(11)15-10-5-6-17(4)7-9(10)3/h8-10,15H,5-7H2,1-4H3,(H2,14,16). The van der Waals surface area contributed by atoms with Gasteiger partial charge in [-0.2, -0.15) is 4.37 Å². The predicted octanol–water partition coefficient (Wildman–Crippen LogP) is 2.26. The molecule has 1 saturated heterocycles. The van der Waals surface area contributed by atoms with Gasteiger partial charge in [-0.3, -0.25) is 0 Å². The minimum absolute atomic E-state index is 0.106. The summed E-state index contributed by atoms with van der Waals surface area (Å²) in [5.74, 6) is 1.81. The lowest BCUT2D eigenvalue weighted by atomic mass is 9.94. The van der Waals surface area contributed by atoms with E-state index in [2.05, 4.69) is 28.6 Å². The summed E-state index contributed by atoms with van der Waals surface area (Å²) in [4.78, 5) is 2.37. The number of nitrogen functional groups attached to an aromatic ring is 1. The Kier molecular flexibility index (Phi) is 4.52. The molecule has 1 aromatic rings. The Hall–Kier alpha value is -1.01. The van der Waals surface area contributed by atoms with E-state index in [0.29, 0.717) is 23.5 Å². The molecule has 2 atom stereocenters. The number of nitrogens with zero attached hydrogens (tertiary/aromatic N) is 2. The summed E-state index contributed by atoms with van der Waals surface area (Å²) >= 11 is 1.39. The molecule has 2 rings (SSSR count). The molecule has 1 aliphatic heterocycles. The quantitative estimate of drug-likeness (QED) is 0.888. The van der Waals surface area contributed by atoms with Gasteiger partial charge in [0.05, 0.1) is 6.10 Å². The Morgan fingerprint density at radius 1 is 1.53 bits per heavy atom. The Bertz CT molecular complexity index is 421. The average Bonchev–Trinajstić information content (AvgIpc) is 2.64. The second-order valence-electron chi connectivity index (χ2n) is 5.67. The number of aromatic nitrogens is 1. The molecule has 0 aromatic carbocycles. The van der Waals surface area contributed by atoms with Gasteiger partial charge in [-0.1, -0.05) is 6.92 Å². The van der Waals surface area contributed by atoms with Crippen LogP contribution in [-0.4, -0.2) is 41.6 Å². The van der Waals surface area contributed by atoms with Gasteiger partial charge in [-0.25, -0.2) is 0 Å². The number of anilines is 2. The van der Waals surface area contributed by atoms with Gasteiger partial charge in [0.2, 0.25) is 0 Å². The fourth-order valence-electron chi connectivity index (χ4n) is 2.47. The summed E-state index contributed by atoms with van der Waals surface area (Å²) in [7, 11) is 2.17. The zero-order chi connectivity index (χ0) is 14.0. The first-order valence-electron chi connectivity index (χ1n) is 6.84. The molecule has 1 aliphatic rings. The number of piperidine rings is 1. The molecule has 0 saturated carbocycles. The van der Waals surface area contributed by atoms with Crippen LogP contribution in [0.25, 0.3) is 0 Å². The highest BCUT2D eigenvalue weighted by atomic mass is 32.1. The first-order valence-corrected chi connectivity index (χ1v) is 7.61. The summed E-state index contributed by atoms with van der Waals surface area (Å²) in [5, 5.41) is 4.54. The molecule has 0 spiro atoms. The molecule has 3 N–H and O–H groups in total. The van der Waals surface area contributed by atoms with E-state index >= 15 is 0 Å². The second kappa shape index (κ2) is 5.96. The van der Waals surface area contributed by atoms with Gasteiger partial charge in [0, 0.05) is 12.6 Å². The predicted molar refractivity (Wildman–Crippen MR) is 81.0 cm³/mol. The zero-order valence-corrected chi connectivity index (χ0v) is 13.0. The summed E-state index contributed by atoms with van der Waals surface area (Å²) in [5.41, 5.74) is 5.88. The second-order valence-corrected chi connectivity index (χ2v) is 6.45. The molecule has 0 radical (unpaired) electrons. The Morgan fingerprint density at radius 2 is 2.26 bits per heavy atom. The van der Waals surface area contributed by atoms with E-state index < -0.39 is 0 Å². The zero-order valence-electron chi connectivity index (χ0n) is 12.1. The van der Waals surface area contributed by atoms with Crippen molar-refractivity contribution in [2.24, 2.45) is 5.92 Å². The molecular weight excluding hydrogens is 260 g/mol. The molecule has 1 fully saturated rings. The number of rotatable bonds is 4. The van der Waals surface area contributed by atoms with Gasteiger partial charge in [0.25, 0.3) is 0 Å². The van der Waals surface area contributed by atoms with E-state index in [4.69, 9.17) is 10.5 Å². The molecular formula is C13H24N4OS. The summed E-state index contributed by atoms with van der Waals surface area (Å²) in [6, 6.07) is 0.463. The maximum atomic E-state index is 5.88. The van der Waals surface area contributed by atoms with Crippen LogP contribution in [0, 0.1) is 5.92 Å². The lowest BCUT2D eigenvalue weighted by Crippen LogP contribution is -2.43. The summed E-state index contributed by atoms with van der Waals surface area (Å²) in [6.07, 6.45) is 1.24. The van der Waals surface area contributed by atoms with Crippen LogP contribution in [0.1, 0.15) is 27.2 Å². The Labute approximate surface area is 119 Å². The van der Waals surface area contributed by atoms with Crippen LogP contribution in [0.2, 0.25) is 0 Å². The van der Waals surface area contributed by atoms with E-state index in [0.717, 1.165) is 24.5 Å². The van der Waals surface area contributed by atoms with Crippen molar-refractivity contribution in [3.63, 3.8) is 0 Å². The number of nitrogens with two attached hydrogens (primary N) is 1. The largest absolute Gasteiger partial charge is 0.484 e. The maximum Gasteiger partial charge on any atom is 0.197 e. The van der Waals surface area contributed by atoms with Crippen LogP contribution in [0.4, 0.5) is 10.8 Å². The van der Waals surface area contributed by atoms with Crippen molar-refractivity contribution in [1.29, 1.82) is 0 Å². The van der Waals surface area contributed by atoms with E-state index in [-0.39, 0.29) is 6.10 Å². The third-order valence-corrected chi connectivity index (χ3v) is 4.23. The van der Waals surface area contributed by atoms with Crippen molar-refractivity contribution >= 4 is 22.4 Å². The van der Waals surface area contributed by atoms with E-state index in [1.54, 1.807) is 0 Å². The third-order valence-electron chi connectivity index (χ3n) is 3.45. The van der Waals surface area contributed by atoms with Crippen molar-refractivity contribution < 1.29 is 4.74 Å². The molecule has 0 bridgehead atoms. The lowest BCUT2D eigenvalue weighted by molar-refractivity contribution is 0.205. The average molecular weight is 284 g/mol. The normalized spacial score (nSPS) is 24.7. The number of nitrogens with one attached hydrogen (secondary N) is 1. The number of ether oxygens (including phenoxy) is 1. The molecule has 108 valence electrons. The molecule has 2 unspecified atom stereocenters. The van der Waals surface area contributed by atoms with Crippen molar-refractivity contribution in [1.82, 2.24) is 9.27 Å². The van der Waals surface area contributed by atoms with E-state index in [9.17, 15) is 0 Å². The number of likely N-dealkylation sites (tertiary alicyclic amines) is 1. The maximum absolute atomic E-state index is 5.88. The Balaban J connectivity index is 2.06. The highest BCUT2D eigenvalue weighted by Crippen LogP contribution is 2.37. The molecule has 2 heterocycles. The van der Waals surface area contributed by atoms with Gasteiger partial charge < -0.3 is 20.7 Å². The monoisotopic (exact) mass is 284 g/mol. The van der Waals surface area contributed by atoms with E-state index in [1.807, 2.05) is 13.8 Å². The fourth-order valence-corrected chi connectivity index (χ4v) is 3.18. The first-order chi connectivity index (χ1) is 8.97. The van der Waals surface area contributed by atoms with Crippen LogP contribution >= 0.6 is 11.5 Å².